The summed E-state index contributed by atoms with van der Waals surface area (Å²) in [4.78, 5) is 6.45. The van der Waals surface area contributed by atoms with Gasteiger partial charge in [-0.3, -0.25) is 0 Å². The first-order valence-corrected chi connectivity index (χ1v) is 8.65. The molecule has 1 aliphatic carbocycles. The van der Waals surface area contributed by atoms with Crippen LogP contribution in [0, 0.1) is 11.3 Å². The molecular formula is C18H17F3N4O. The Bertz CT molecular complexity index is 843. The van der Waals surface area contributed by atoms with Gasteiger partial charge in [0.1, 0.15) is 6.07 Å². The molecule has 2 heterocycles. The molecule has 26 heavy (non-hydrogen) atoms. The van der Waals surface area contributed by atoms with Crippen molar-refractivity contribution >= 4 is 5.69 Å². The normalized spacial score (nSPS) is 18.8. The molecule has 0 spiro atoms. The molecule has 1 aromatic heterocycles. The third-order valence-electron chi connectivity index (χ3n) is 5.03. The number of hydrogen-bond donors (Lipinski definition) is 0. The number of nitrogens with zero attached hydrogens (tertiary/aromatic N) is 4. The molecule has 8 heteroatoms. The molecule has 0 atom stereocenters. The van der Waals surface area contributed by atoms with E-state index >= 15 is 0 Å². The third kappa shape index (κ3) is 3.26. The smallest absolute Gasteiger partial charge is 0.370 e. The highest BCUT2D eigenvalue weighted by Crippen LogP contribution is 2.40. The van der Waals surface area contributed by atoms with Crippen LogP contribution < -0.4 is 4.90 Å². The summed E-state index contributed by atoms with van der Waals surface area (Å²) in [5.74, 6) is 2.04. The quantitative estimate of drug-likeness (QED) is 0.818. The topological polar surface area (TPSA) is 66.0 Å². The fourth-order valence-corrected chi connectivity index (χ4v) is 3.37. The molecule has 0 N–H and O–H groups in total. The molecule has 1 aliphatic heterocycles. The van der Waals surface area contributed by atoms with E-state index in [4.69, 9.17) is 4.52 Å². The molecular weight excluding hydrogens is 345 g/mol. The summed E-state index contributed by atoms with van der Waals surface area (Å²) in [6, 6.07) is 5.23. The molecule has 4 rings (SSSR count). The van der Waals surface area contributed by atoms with Crippen molar-refractivity contribution in [2.45, 2.75) is 43.7 Å². The zero-order valence-corrected chi connectivity index (χ0v) is 14.0. The Balaban J connectivity index is 1.46. The molecule has 2 aromatic rings. The molecule has 1 saturated carbocycles. The minimum Gasteiger partial charge on any atom is -0.370 e. The maximum atomic E-state index is 12.8. The van der Waals surface area contributed by atoms with Crippen LogP contribution >= 0.6 is 0 Å². The lowest BCUT2D eigenvalue weighted by molar-refractivity contribution is -0.137. The van der Waals surface area contributed by atoms with E-state index in [9.17, 15) is 18.4 Å². The van der Waals surface area contributed by atoms with Crippen molar-refractivity contribution in [3.05, 3.63) is 41.0 Å². The zero-order chi connectivity index (χ0) is 18.3. The highest BCUT2D eigenvalue weighted by Gasteiger charge is 2.33. The van der Waals surface area contributed by atoms with Crippen molar-refractivity contribution in [2.75, 3.05) is 18.0 Å². The van der Waals surface area contributed by atoms with Gasteiger partial charge in [0.05, 0.1) is 16.8 Å². The molecule has 0 unspecified atom stereocenters. The Hall–Kier alpha value is -2.56. The van der Waals surface area contributed by atoms with Crippen molar-refractivity contribution < 1.29 is 17.7 Å². The van der Waals surface area contributed by atoms with Crippen molar-refractivity contribution in [1.82, 2.24) is 10.1 Å². The molecule has 0 bridgehead atoms. The SMILES string of the molecule is N#Cc1cc(C(F)(F)F)ccc1N1CCC(c2noc(C3CC3)n2)CC1. The Labute approximate surface area is 148 Å². The van der Waals surface area contributed by atoms with Gasteiger partial charge in [-0.1, -0.05) is 5.16 Å². The van der Waals surface area contributed by atoms with Crippen LogP contribution in [0.2, 0.25) is 0 Å². The van der Waals surface area contributed by atoms with Gasteiger partial charge >= 0.3 is 6.18 Å². The number of hydrogen-bond acceptors (Lipinski definition) is 5. The Kier molecular flexibility index (Phi) is 4.10. The lowest BCUT2D eigenvalue weighted by atomic mass is 9.95. The van der Waals surface area contributed by atoms with E-state index in [-0.39, 0.29) is 11.5 Å². The van der Waals surface area contributed by atoms with Gasteiger partial charge in [0.25, 0.3) is 0 Å². The molecule has 1 saturated heterocycles. The van der Waals surface area contributed by atoms with Crippen LogP contribution in [0.5, 0.6) is 0 Å². The Morgan fingerprint density at radius 1 is 1.12 bits per heavy atom. The maximum Gasteiger partial charge on any atom is 0.416 e. The van der Waals surface area contributed by atoms with E-state index in [2.05, 4.69) is 10.1 Å². The lowest BCUT2D eigenvalue weighted by Gasteiger charge is -2.33. The van der Waals surface area contributed by atoms with Gasteiger partial charge in [0.2, 0.25) is 5.89 Å². The van der Waals surface area contributed by atoms with E-state index in [0.29, 0.717) is 24.7 Å². The number of anilines is 1. The number of rotatable bonds is 3. The first-order chi connectivity index (χ1) is 12.5. The predicted molar refractivity (Wildman–Crippen MR) is 86.6 cm³/mol. The second-order valence-electron chi connectivity index (χ2n) is 6.87. The average Bonchev–Trinajstić information content (AvgIpc) is 3.37. The minimum atomic E-state index is -4.45. The average molecular weight is 362 g/mol. The number of halogens is 3. The van der Waals surface area contributed by atoms with Crippen LogP contribution in [-0.2, 0) is 6.18 Å². The van der Waals surface area contributed by atoms with E-state index in [0.717, 1.165) is 49.5 Å². The highest BCUT2D eigenvalue weighted by atomic mass is 19.4. The molecule has 136 valence electrons. The van der Waals surface area contributed by atoms with Gasteiger partial charge in [0.15, 0.2) is 5.82 Å². The van der Waals surface area contributed by atoms with Crippen molar-refractivity contribution in [2.24, 2.45) is 0 Å². The summed E-state index contributed by atoms with van der Waals surface area (Å²) < 4.78 is 43.8. The van der Waals surface area contributed by atoms with Crippen molar-refractivity contribution in [3.8, 4) is 6.07 Å². The maximum absolute atomic E-state index is 12.8. The van der Waals surface area contributed by atoms with Gasteiger partial charge < -0.3 is 9.42 Å². The molecule has 1 aromatic carbocycles. The van der Waals surface area contributed by atoms with Crippen LogP contribution in [0.3, 0.4) is 0 Å². The van der Waals surface area contributed by atoms with Crippen molar-refractivity contribution in [1.29, 1.82) is 5.26 Å². The number of nitriles is 1. The first kappa shape index (κ1) is 16.9. The molecule has 5 nitrogen and oxygen atoms in total. The zero-order valence-electron chi connectivity index (χ0n) is 14.0. The van der Waals surface area contributed by atoms with Gasteiger partial charge in [0, 0.05) is 24.9 Å². The summed E-state index contributed by atoms with van der Waals surface area (Å²) in [5, 5.41) is 13.3. The summed E-state index contributed by atoms with van der Waals surface area (Å²) in [6.07, 6.45) is -0.698. The lowest BCUT2D eigenvalue weighted by Crippen LogP contribution is -2.33. The minimum absolute atomic E-state index is 0.0499. The number of benzene rings is 1. The molecule has 0 radical (unpaired) electrons. The largest absolute Gasteiger partial charge is 0.416 e. The first-order valence-electron chi connectivity index (χ1n) is 8.65. The van der Waals surface area contributed by atoms with Gasteiger partial charge in [-0.15, -0.1) is 0 Å². The van der Waals surface area contributed by atoms with E-state index < -0.39 is 11.7 Å². The van der Waals surface area contributed by atoms with E-state index in [1.165, 1.54) is 6.07 Å². The summed E-state index contributed by atoms with van der Waals surface area (Å²) in [5.41, 5.74) is -0.202. The van der Waals surface area contributed by atoms with Gasteiger partial charge in [-0.25, -0.2) is 0 Å². The van der Waals surface area contributed by atoms with Gasteiger partial charge in [-0.2, -0.15) is 23.4 Å². The molecule has 0 amide bonds. The number of piperidine rings is 1. The number of alkyl halides is 3. The standard InChI is InChI=1S/C18H17F3N4O/c19-18(20,21)14-3-4-15(13(9-14)10-22)25-7-5-11(6-8-25)16-23-17(26-24-16)12-1-2-12/h3-4,9,11-12H,1-2,5-8H2. The van der Waals surface area contributed by atoms with Crippen molar-refractivity contribution in [3.63, 3.8) is 0 Å². The molecule has 2 fully saturated rings. The summed E-state index contributed by atoms with van der Waals surface area (Å²) in [6.45, 7) is 1.27. The predicted octanol–water partition coefficient (Wildman–Crippen LogP) is 4.22. The Morgan fingerprint density at radius 3 is 2.46 bits per heavy atom. The second kappa shape index (κ2) is 6.31. The fraction of sp³-hybridized carbons (Fsp3) is 0.500. The van der Waals surface area contributed by atoms with Crippen LogP contribution in [0.15, 0.2) is 22.7 Å². The van der Waals surface area contributed by atoms with Crippen LogP contribution in [0.1, 0.15) is 60.4 Å². The summed E-state index contributed by atoms with van der Waals surface area (Å²) in [7, 11) is 0. The third-order valence-corrected chi connectivity index (χ3v) is 5.03. The van der Waals surface area contributed by atoms with Crippen LogP contribution in [0.25, 0.3) is 0 Å². The fourth-order valence-electron chi connectivity index (χ4n) is 3.37. The van der Waals surface area contributed by atoms with E-state index in [1.807, 2.05) is 11.0 Å². The van der Waals surface area contributed by atoms with Crippen LogP contribution in [-0.4, -0.2) is 23.2 Å². The number of aromatic nitrogens is 2. The summed E-state index contributed by atoms with van der Waals surface area (Å²) >= 11 is 0. The molecule has 2 aliphatic rings. The monoisotopic (exact) mass is 362 g/mol. The second-order valence-corrected chi connectivity index (χ2v) is 6.87. The van der Waals surface area contributed by atoms with E-state index in [1.54, 1.807) is 0 Å². The van der Waals surface area contributed by atoms with Crippen LogP contribution in [0.4, 0.5) is 18.9 Å². The Morgan fingerprint density at radius 2 is 1.85 bits per heavy atom. The highest BCUT2D eigenvalue weighted by molar-refractivity contribution is 5.61. The van der Waals surface area contributed by atoms with Gasteiger partial charge in [-0.05, 0) is 43.9 Å².